The number of aliphatic hydroxyl groups excluding tert-OH is 2. The van der Waals surface area contributed by atoms with E-state index in [0.717, 1.165) is 32.1 Å². The Bertz CT molecular complexity index is 399. The first-order valence-electron chi connectivity index (χ1n) is 10.2. The van der Waals surface area contributed by atoms with Gasteiger partial charge in [0.25, 0.3) is 0 Å². The zero-order valence-electron chi connectivity index (χ0n) is 16.8. The number of likely N-dealkylation sites (tertiary alicyclic amines) is 1. The van der Waals surface area contributed by atoms with Gasteiger partial charge in [0, 0.05) is 19.4 Å². The van der Waals surface area contributed by atoms with Crippen LogP contribution < -0.4 is 5.17 Å². The van der Waals surface area contributed by atoms with Crippen LogP contribution in [0, 0.1) is 11.1 Å². The van der Waals surface area contributed by atoms with E-state index in [1.165, 1.54) is 19.8 Å². The summed E-state index contributed by atoms with van der Waals surface area (Å²) in [7, 11) is 0. The number of unbranched alkanes of at least 4 members (excludes halogenated alkanes) is 1. The predicted octanol–water partition coefficient (Wildman–Crippen LogP) is 0.786. The van der Waals surface area contributed by atoms with E-state index in [1.54, 1.807) is 0 Å². The smallest absolute Gasteiger partial charge is 0.387 e. The van der Waals surface area contributed by atoms with Gasteiger partial charge in [0.2, 0.25) is 0 Å². The molecule has 0 bridgehead atoms. The largest absolute Gasteiger partial charge is 0.576 e. The molecule has 0 aromatic heterocycles. The number of nitrogens with one attached hydrogen (secondary N) is 1. The second-order valence-electron chi connectivity index (χ2n) is 7.79. The Balaban J connectivity index is 2.57. The molecule has 1 aliphatic heterocycles. The topological polar surface area (TPSA) is 94.3 Å². The van der Waals surface area contributed by atoms with Crippen molar-refractivity contribution in [2.75, 3.05) is 32.8 Å². The molecule has 0 radical (unpaired) electrons. The highest BCUT2D eigenvalue weighted by molar-refractivity contribution is 5.70. The summed E-state index contributed by atoms with van der Waals surface area (Å²) in [6.07, 6.45) is 5.17. The summed E-state index contributed by atoms with van der Waals surface area (Å²) in [6.45, 7) is 7.71. The summed E-state index contributed by atoms with van der Waals surface area (Å²) in [4.78, 5) is 12.0. The zero-order valence-corrected chi connectivity index (χ0v) is 16.8. The molecule has 1 amide bonds. The molecular formula is C19H39N2O5+. The summed E-state index contributed by atoms with van der Waals surface area (Å²) in [6, 6.07) is 0. The molecule has 154 valence electrons. The van der Waals surface area contributed by atoms with Crippen molar-refractivity contribution in [1.29, 1.82) is 0 Å². The fourth-order valence-corrected chi connectivity index (χ4v) is 3.72. The van der Waals surface area contributed by atoms with Gasteiger partial charge in [-0.05, 0) is 25.7 Å². The monoisotopic (exact) mass is 375 g/mol. The molecule has 1 heterocycles. The molecule has 0 aromatic carbocycles. The number of hydrogen-bond donors (Lipinski definition) is 3. The lowest BCUT2D eigenvalue weighted by atomic mass is 10.0. The lowest BCUT2D eigenvalue weighted by Gasteiger charge is -2.46. The zero-order chi connectivity index (χ0) is 19.6. The fourth-order valence-electron chi connectivity index (χ4n) is 3.72. The van der Waals surface area contributed by atoms with Gasteiger partial charge in [0.15, 0.2) is 12.6 Å². The van der Waals surface area contributed by atoms with Crippen molar-refractivity contribution in [2.45, 2.75) is 77.9 Å². The Kier molecular flexibility index (Phi) is 10.8. The van der Waals surface area contributed by atoms with Crippen LogP contribution in [0.1, 0.15) is 65.7 Å². The fraction of sp³-hybridized carbons (Fsp3) is 0.947. The molecule has 1 saturated heterocycles. The quantitative estimate of drug-likeness (QED) is 0.346. The van der Waals surface area contributed by atoms with Gasteiger partial charge in [0.1, 0.15) is 19.2 Å². The maximum absolute atomic E-state index is 12.7. The molecule has 4 unspecified atom stereocenters. The predicted molar refractivity (Wildman–Crippen MR) is 99.9 cm³/mol. The maximum atomic E-state index is 12.7. The first-order valence-corrected chi connectivity index (χ1v) is 10.2. The third kappa shape index (κ3) is 7.21. The molecule has 26 heavy (non-hydrogen) atoms. The van der Waals surface area contributed by atoms with Crippen molar-refractivity contribution in [3.8, 4) is 0 Å². The van der Waals surface area contributed by atoms with E-state index in [2.05, 4.69) is 13.8 Å². The number of carbonyl (C=O) groups excluding carboxylic acids is 1. The van der Waals surface area contributed by atoms with Gasteiger partial charge < -0.3 is 20.2 Å². The van der Waals surface area contributed by atoms with Crippen LogP contribution in [0.2, 0.25) is 0 Å². The summed E-state index contributed by atoms with van der Waals surface area (Å²) in [5, 5.41) is 32.0. The molecule has 3 N–H and O–H groups in total. The van der Waals surface area contributed by atoms with Crippen LogP contribution in [0.15, 0.2) is 0 Å². The average Bonchev–Trinajstić information content (AvgIpc) is 2.63. The Hall–Kier alpha value is -0.570. The van der Waals surface area contributed by atoms with Gasteiger partial charge in [-0.2, -0.15) is 4.59 Å². The van der Waals surface area contributed by atoms with Crippen LogP contribution in [-0.2, 0) is 9.53 Å². The number of rotatable bonds is 12. The van der Waals surface area contributed by atoms with Crippen LogP contribution >= 0.6 is 0 Å². The number of amides is 1. The van der Waals surface area contributed by atoms with Gasteiger partial charge in [-0.3, -0.25) is 0 Å². The lowest BCUT2D eigenvalue weighted by molar-refractivity contribution is -1.44. The lowest BCUT2D eigenvalue weighted by Crippen LogP contribution is -3.24. The van der Waals surface area contributed by atoms with E-state index in [-0.39, 0.29) is 17.7 Å². The van der Waals surface area contributed by atoms with E-state index in [9.17, 15) is 20.2 Å². The second-order valence-corrected chi connectivity index (χ2v) is 7.79. The standard InChI is InChI=1S/C19H39N2O5/c1-4-6-10-17(5-2)14-26-15-18(23)13-21(11-8-7-9-12-21)20(25)19(24)16(3)22/h16-18,20,22-23H,4-15H2,1-3H3/q+1. The Morgan fingerprint density at radius 2 is 1.85 bits per heavy atom. The average molecular weight is 376 g/mol. The van der Waals surface area contributed by atoms with Crippen LogP contribution in [0.3, 0.4) is 0 Å². The van der Waals surface area contributed by atoms with Crippen LogP contribution in [-0.4, -0.2) is 65.8 Å². The van der Waals surface area contributed by atoms with Crippen molar-refractivity contribution < 1.29 is 29.5 Å². The molecule has 7 heteroatoms. The molecule has 4 atom stereocenters. The van der Waals surface area contributed by atoms with E-state index in [1.807, 2.05) is 0 Å². The minimum absolute atomic E-state index is 0.0543. The van der Waals surface area contributed by atoms with Crippen LogP contribution in [0.4, 0.5) is 0 Å². The highest BCUT2D eigenvalue weighted by Crippen LogP contribution is 2.16. The van der Waals surface area contributed by atoms with Crippen molar-refractivity contribution in [3.63, 3.8) is 0 Å². The van der Waals surface area contributed by atoms with E-state index < -0.39 is 23.3 Å². The summed E-state index contributed by atoms with van der Waals surface area (Å²) >= 11 is 0. The molecule has 1 rings (SSSR count). The van der Waals surface area contributed by atoms with Crippen molar-refractivity contribution in [3.05, 3.63) is 5.21 Å². The van der Waals surface area contributed by atoms with Crippen LogP contribution in [0.5, 0.6) is 0 Å². The molecule has 0 aromatic rings. The molecule has 0 spiro atoms. The third-order valence-corrected chi connectivity index (χ3v) is 5.46. The normalized spacial score (nSPS) is 21.8. The van der Waals surface area contributed by atoms with Gasteiger partial charge in [-0.25, -0.2) is 4.79 Å². The minimum atomic E-state index is -1.29. The summed E-state index contributed by atoms with van der Waals surface area (Å²) < 4.78 is 5.66. The number of nitrogens with zero attached hydrogens (tertiary/aromatic N) is 1. The number of hydrogen-bond acceptors (Lipinski definition) is 5. The SMILES string of the molecule is CCCCC(CC)COCC(O)C[N+]1([NH+]([O-])C(=O)C(C)O)CCCCC1. The van der Waals surface area contributed by atoms with E-state index >= 15 is 0 Å². The van der Waals surface area contributed by atoms with Gasteiger partial charge in [0.05, 0.1) is 6.61 Å². The Labute approximate surface area is 158 Å². The van der Waals surface area contributed by atoms with Gasteiger partial charge in [-0.1, -0.05) is 33.1 Å². The van der Waals surface area contributed by atoms with Crippen molar-refractivity contribution in [2.24, 2.45) is 5.92 Å². The molecular weight excluding hydrogens is 336 g/mol. The van der Waals surface area contributed by atoms with Gasteiger partial charge in [-0.15, -0.1) is 5.17 Å². The van der Waals surface area contributed by atoms with Gasteiger partial charge >= 0.3 is 5.91 Å². The second kappa shape index (κ2) is 12.0. The number of aliphatic hydroxyl groups is 2. The molecule has 0 aliphatic carbocycles. The van der Waals surface area contributed by atoms with Crippen LogP contribution in [0.25, 0.3) is 0 Å². The number of quaternary nitrogens is 2. The highest BCUT2D eigenvalue weighted by Gasteiger charge is 2.43. The number of ether oxygens (including phenoxy) is 1. The maximum Gasteiger partial charge on any atom is 0.387 e. The Morgan fingerprint density at radius 3 is 2.38 bits per heavy atom. The summed E-state index contributed by atoms with van der Waals surface area (Å²) in [5.41, 5.74) is 0. The highest BCUT2D eigenvalue weighted by atomic mass is 16.6. The molecule has 1 fully saturated rings. The third-order valence-electron chi connectivity index (χ3n) is 5.46. The molecule has 0 saturated carbocycles. The summed E-state index contributed by atoms with van der Waals surface area (Å²) in [5.74, 6) is -0.260. The van der Waals surface area contributed by atoms with E-state index in [4.69, 9.17) is 4.74 Å². The Morgan fingerprint density at radius 1 is 1.19 bits per heavy atom. The first-order chi connectivity index (χ1) is 12.4. The molecule has 1 aliphatic rings. The number of hydroxylamine groups is 1. The number of carbonyl (C=O) groups is 1. The number of piperidine rings is 1. The molecule has 7 nitrogen and oxygen atoms in total. The minimum Gasteiger partial charge on any atom is -0.576 e. The van der Waals surface area contributed by atoms with E-state index in [0.29, 0.717) is 25.6 Å². The first kappa shape index (κ1) is 23.5. The van der Waals surface area contributed by atoms with Crippen molar-refractivity contribution in [1.82, 2.24) is 0 Å². The van der Waals surface area contributed by atoms with Crippen molar-refractivity contribution >= 4 is 5.91 Å².